The molecule has 2 fully saturated rings. The molecule has 0 amide bonds. The van der Waals surface area contributed by atoms with Crippen LogP contribution in [0.25, 0.3) is 6.08 Å². The van der Waals surface area contributed by atoms with Crippen molar-refractivity contribution < 1.29 is 35.0 Å². The highest BCUT2D eigenvalue weighted by molar-refractivity contribution is 8.76. The number of aromatic hydroxyl groups is 1. The van der Waals surface area contributed by atoms with Gasteiger partial charge in [-0.1, -0.05) is 83.7 Å². The summed E-state index contributed by atoms with van der Waals surface area (Å²) in [4.78, 5) is 4.93. The van der Waals surface area contributed by atoms with E-state index in [1.165, 1.54) is 36.3 Å². The van der Waals surface area contributed by atoms with Crippen molar-refractivity contribution in [2.75, 3.05) is 32.1 Å². The smallest absolute Gasteiger partial charge is 0.208 e. The molecule has 2 aromatic rings. The average molecular weight is 901 g/mol. The summed E-state index contributed by atoms with van der Waals surface area (Å²) in [6, 6.07) is 11.7. The Morgan fingerprint density at radius 1 is 1.10 bits per heavy atom. The summed E-state index contributed by atoms with van der Waals surface area (Å²) in [6.07, 6.45) is 20.8. The Bertz CT molecular complexity index is 1970. The molecule has 7 aliphatic rings. The number of nitrogens with one attached hydrogen (secondary N) is 1. The van der Waals surface area contributed by atoms with E-state index in [9.17, 15) is 25.5 Å². The van der Waals surface area contributed by atoms with E-state index < -0.39 is 18.3 Å². The molecular formula is C51H70N3O7S2+. The molecule has 9 rings (SSSR count). The normalized spacial score (nSPS) is 29.0. The molecule has 10 atom stereocenters. The molecule has 0 aromatic heterocycles. The van der Waals surface area contributed by atoms with Crippen LogP contribution in [0.15, 0.2) is 70.9 Å². The lowest BCUT2D eigenvalue weighted by molar-refractivity contribution is -0.0552. The van der Waals surface area contributed by atoms with Gasteiger partial charge in [-0.05, 0) is 104 Å². The second-order valence-electron chi connectivity index (χ2n) is 19.0. The van der Waals surface area contributed by atoms with E-state index >= 15 is 0 Å². The first-order valence-electron chi connectivity index (χ1n) is 23.7. The number of phenols is 1. The maximum absolute atomic E-state index is 11.3. The zero-order valence-electron chi connectivity index (χ0n) is 36.9. The van der Waals surface area contributed by atoms with Crippen LogP contribution in [0.2, 0.25) is 0 Å². The molecule has 9 N–H and O–H groups in total. The molecule has 1 unspecified atom stereocenters. The fourth-order valence-electron chi connectivity index (χ4n) is 11.0. The summed E-state index contributed by atoms with van der Waals surface area (Å²) in [5, 5.41) is 56.8. The highest BCUT2D eigenvalue weighted by Crippen LogP contribution is 2.49. The van der Waals surface area contributed by atoms with Crippen LogP contribution < -0.4 is 15.8 Å². The molecule has 12 heteroatoms. The van der Waals surface area contributed by atoms with E-state index in [1.54, 1.807) is 13.0 Å². The van der Waals surface area contributed by atoms with Gasteiger partial charge < -0.3 is 46.1 Å². The molecule has 10 nitrogen and oxygen atoms in total. The molecule has 0 saturated heterocycles. The summed E-state index contributed by atoms with van der Waals surface area (Å²) < 4.78 is 11.1. The molecule has 3 aliphatic carbocycles. The third-order valence-corrected chi connectivity index (χ3v) is 17.0. The predicted molar refractivity (Wildman–Crippen MR) is 256 cm³/mol. The first-order chi connectivity index (χ1) is 30.6. The molecule has 2 saturated carbocycles. The fourth-order valence-corrected chi connectivity index (χ4v) is 13.6. The number of benzene rings is 2. The monoisotopic (exact) mass is 900 g/mol. The first kappa shape index (κ1) is 46.6. The number of aliphatic hydroxyl groups is 6. The van der Waals surface area contributed by atoms with Gasteiger partial charge in [0.15, 0.2) is 17.6 Å². The van der Waals surface area contributed by atoms with Crippen molar-refractivity contribution in [2.45, 2.75) is 127 Å². The quantitative estimate of drug-likeness (QED) is 0.0340. The van der Waals surface area contributed by atoms with Crippen molar-refractivity contribution in [3.05, 3.63) is 100 Å². The summed E-state index contributed by atoms with van der Waals surface area (Å²) in [5.74, 6) is 5.54. The van der Waals surface area contributed by atoms with Gasteiger partial charge in [-0.25, -0.2) is 0 Å². The van der Waals surface area contributed by atoms with Crippen LogP contribution in [0.1, 0.15) is 112 Å². The van der Waals surface area contributed by atoms with Crippen LogP contribution in [0.3, 0.4) is 0 Å². The van der Waals surface area contributed by atoms with Gasteiger partial charge in [0, 0.05) is 56.0 Å². The Kier molecular flexibility index (Phi) is 16.3. The van der Waals surface area contributed by atoms with Crippen molar-refractivity contribution in [1.29, 1.82) is 0 Å². The first-order valence-corrected chi connectivity index (χ1v) is 26.2. The van der Waals surface area contributed by atoms with Crippen LogP contribution in [0, 0.1) is 41.6 Å². The van der Waals surface area contributed by atoms with Crippen molar-refractivity contribution in [2.24, 2.45) is 40.3 Å². The Balaban J connectivity index is 0.777. The number of unbranched alkanes of at least 4 members (excludes halogenated alkanes) is 2. The highest BCUT2D eigenvalue weighted by Gasteiger charge is 2.49. The topological polar surface area (TPSA) is 174 Å². The number of rotatable bonds is 18. The van der Waals surface area contributed by atoms with Gasteiger partial charge in [0.25, 0.3) is 0 Å². The molecule has 4 bridgehead atoms. The van der Waals surface area contributed by atoms with E-state index in [0.717, 1.165) is 97.9 Å². The number of aliphatic hydroxyl groups excluding tert-OH is 4. The largest absolute Gasteiger partial charge is 0.504 e. The number of nitrogens with two attached hydrogens (primary N) is 1. The van der Waals surface area contributed by atoms with Crippen LogP contribution in [0.5, 0.6) is 11.5 Å². The van der Waals surface area contributed by atoms with Gasteiger partial charge in [-0.3, -0.25) is 0 Å². The van der Waals surface area contributed by atoms with Crippen LogP contribution in [-0.4, -0.2) is 92.4 Å². The fraction of sp³-hybridized carbons (Fsp3) is 0.588. The van der Waals surface area contributed by atoms with Crippen LogP contribution in [0.4, 0.5) is 0 Å². The second kappa shape index (κ2) is 22.1. The van der Waals surface area contributed by atoms with Gasteiger partial charge in [0.1, 0.15) is 30.4 Å². The molecule has 0 spiro atoms. The standard InChI is InChI=1S/C51H69N3O7S2/c1-31(56)25-53-26-43-39-10-5-8-33(39)16-19-45-42(43)24-46(54-45)48(58)28-60-50-21-32(14-20-47(50)57)13-17-38-22-37(27-55)49(61-38)12-4-2-3-7-36-30-63-62-29-35-9-6-11-41-40(35)18-15-34(51(41)59)23-44(36)52/h6,9,11,14-15,18,20-22,24,31,33-34,36,39,43-44,48-49,51,53,55-56,58-59,61H,2-5,7-8,10,12-13,16-17,19,23,25-30,52H2,1H3/p+1/t31-,33+,34-,36+,39-,43-,44+,48-,49?,51-/m0/s1. The molecular weight excluding hydrogens is 831 g/mol. The molecule has 0 radical (unpaired) electrons. The average Bonchev–Trinajstić information content (AvgIpc) is 4.02. The molecule has 4 aliphatic heterocycles. The van der Waals surface area contributed by atoms with E-state index in [4.69, 9.17) is 20.2 Å². The van der Waals surface area contributed by atoms with Crippen LogP contribution in [-0.2, 0) is 12.2 Å². The minimum absolute atomic E-state index is 0.00156. The van der Waals surface area contributed by atoms with Crippen molar-refractivity contribution in [3.8, 4) is 11.5 Å². The lowest BCUT2D eigenvalue weighted by atomic mass is 9.77. The van der Waals surface area contributed by atoms with E-state index in [-0.39, 0.29) is 37.0 Å². The Labute approximate surface area is 382 Å². The third kappa shape index (κ3) is 11.6. The summed E-state index contributed by atoms with van der Waals surface area (Å²) in [7, 11) is 3.81. The predicted octanol–water partition coefficient (Wildman–Crippen LogP) is 7.69. The number of hydrogen-bond donors (Lipinski definition) is 7. The summed E-state index contributed by atoms with van der Waals surface area (Å²) in [5.41, 5.74) is 14.0. The van der Waals surface area contributed by atoms with E-state index in [2.05, 4.69) is 47.8 Å². The molecule has 2 aromatic carbocycles. The third-order valence-electron chi connectivity index (χ3n) is 14.6. The SMILES string of the molecule is C[C@H](O)CNC[C@@H]1[C+]2C=C([C@@H](O)COc3cc(CC[C-]4C=C(CO)C(CCCCC[C@@H]5CSSCc6cccc7c6C=C[C@@H](C[C@H]5N)[C@@H]7O)[OH+]4)ccc3O)N=C2CC[C@H]2CCC[C@@H]21. The molecule has 4 heterocycles. The number of ether oxygens (including phenoxy) is 2. The second-order valence-corrected chi connectivity index (χ2v) is 21.5. The van der Waals surface area contributed by atoms with E-state index in [1.807, 2.05) is 33.7 Å². The zero-order chi connectivity index (χ0) is 43.9. The minimum Gasteiger partial charge on any atom is -0.504 e. The highest BCUT2D eigenvalue weighted by atomic mass is 33.1. The summed E-state index contributed by atoms with van der Waals surface area (Å²) in [6.45, 7) is 3.13. The van der Waals surface area contributed by atoms with Gasteiger partial charge in [-0.2, -0.15) is 0 Å². The number of aryl methyl sites for hydroxylation is 1. The van der Waals surface area contributed by atoms with Crippen molar-refractivity contribution in [1.82, 2.24) is 5.32 Å². The zero-order valence-corrected chi connectivity index (χ0v) is 38.5. The van der Waals surface area contributed by atoms with Gasteiger partial charge in [-0.15, -0.1) is 16.6 Å². The van der Waals surface area contributed by atoms with Gasteiger partial charge in [0.2, 0.25) is 5.70 Å². The van der Waals surface area contributed by atoms with Crippen LogP contribution >= 0.6 is 21.6 Å². The molecule has 342 valence electrons. The van der Waals surface area contributed by atoms with Crippen molar-refractivity contribution >= 4 is 33.4 Å². The summed E-state index contributed by atoms with van der Waals surface area (Å²) >= 11 is 0. The number of hydrogen-bond acceptors (Lipinski definition) is 11. The number of phenolic OH excluding ortho intramolecular Hbond substituents is 1. The number of nitrogens with zero attached hydrogens (tertiary/aromatic N) is 1. The minimum atomic E-state index is -0.935. The number of allylic oxidation sites excluding steroid dienone is 1. The number of aliphatic imine (C=N–C) groups is 1. The Hall–Kier alpha value is -2.91. The lowest BCUT2D eigenvalue weighted by Crippen LogP contribution is -2.36. The maximum atomic E-state index is 11.3. The Morgan fingerprint density at radius 3 is 2.83 bits per heavy atom. The molecule has 63 heavy (non-hydrogen) atoms. The van der Waals surface area contributed by atoms with Gasteiger partial charge >= 0.3 is 0 Å². The van der Waals surface area contributed by atoms with E-state index in [0.29, 0.717) is 54.5 Å². The Morgan fingerprint density at radius 2 is 1.97 bits per heavy atom. The van der Waals surface area contributed by atoms with Crippen molar-refractivity contribution in [3.63, 3.8) is 0 Å². The lowest BCUT2D eigenvalue weighted by Gasteiger charge is -2.32. The van der Waals surface area contributed by atoms with Gasteiger partial charge in [0.05, 0.1) is 24.2 Å². The maximum Gasteiger partial charge on any atom is 0.208 e. The number of fused-ring (bicyclic) bond motifs is 8.